The Morgan fingerprint density at radius 1 is 1.00 bits per heavy atom. The van der Waals surface area contributed by atoms with E-state index in [2.05, 4.69) is 27.0 Å². The highest BCUT2D eigenvalue weighted by molar-refractivity contribution is 9.10. The molecule has 0 fully saturated rings. The van der Waals surface area contributed by atoms with E-state index in [0.29, 0.717) is 0 Å². The van der Waals surface area contributed by atoms with Gasteiger partial charge in [0.1, 0.15) is 7.14 Å². The summed E-state index contributed by atoms with van der Waals surface area (Å²) in [6, 6.07) is 16.2. The summed E-state index contributed by atoms with van der Waals surface area (Å²) in [5, 5.41) is 3.26. The van der Waals surface area contributed by atoms with Crippen LogP contribution in [0.15, 0.2) is 59.2 Å². The van der Waals surface area contributed by atoms with Crippen LogP contribution in [0.2, 0.25) is 0 Å². The Bertz CT molecular complexity index is 868. The quantitative estimate of drug-likeness (QED) is 0.615. The Morgan fingerprint density at radius 2 is 1.73 bits per heavy atom. The number of aromatic nitrogens is 1. The van der Waals surface area contributed by atoms with Crippen molar-refractivity contribution in [3.05, 3.63) is 70.5 Å². The van der Waals surface area contributed by atoms with Gasteiger partial charge in [0, 0.05) is 27.8 Å². The molecule has 0 aliphatic carbocycles. The number of hydrogen-bond donors (Lipinski definition) is 0. The molecule has 0 radical (unpaired) electrons. The van der Waals surface area contributed by atoms with Gasteiger partial charge in [-0.05, 0) is 36.4 Å². The third-order valence-corrected chi connectivity index (χ3v) is 6.00. The van der Waals surface area contributed by atoms with E-state index in [-0.39, 0.29) is 0 Å². The van der Waals surface area contributed by atoms with Gasteiger partial charge in [-0.15, -0.1) is 0 Å². The van der Waals surface area contributed by atoms with Crippen LogP contribution in [0.1, 0.15) is 11.3 Å². The zero-order valence-electron chi connectivity index (χ0n) is 12.6. The average molecular weight is 374 g/mol. The summed E-state index contributed by atoms with van der Waals surface area (Å²) in [4.78, 5) is 4.54. The highest BCUT2D eigenvalue weighted by Gasteiger charge is 2.11. The highest BCUT2D eigenvalue weighted by Crippen LogP contribution is 2.34. The fourth-order valence-corrected chi connectivity index (χ4v) is 3.90. The van der Waals surface area contributed by atoms with Crippen LogP contribution in [0.4, 0.5) is 0 Å². The third-order valence-electron chi connectivity index (χ3n) is 3.77. The van der Waals surface area contributed by atoms with Gasteiger partial charge in [-0.2, -0.15) is 0 Å². The zero-order chi connectivity index (χ0) is 15.7. The van der Waals surface area contributed by atoms with E-state index in [4.69, 9.17) is 0 Å². The minimum atomic E-state index is -2.19. The molecule has 0 unspecified atom stereocenters. The molecule has 0 amide bonds. The van der Waals surface area contributed by atoms with Gasteiger partial charge < -0.3 is 4.57 Å². The van der Waals surface area contributed by atoms with Crippen LogP contribution < -0.4 is 5.30 Å². The van der Waals surface area contributed by atoms with Crippen LogP contribution in [0, 0.1) is 0 Å². The van der Waals surface area contributed by atoms with Crippen LogP contribution in [0.3, 0.4) is 0 Å². The predicted molar refractivity (Wildman–Crippen MR) is 97.8 cm³/mol. The van der Waals surface area contributed by atoms with Crippen molar-refractivity contribution >= 4 is 39.1 Å². The van der Waals surface area contributed by atoms with E-state index in [1.807, 2.05) is 48.7 Å². The second kappa shape index (κ2) is 5.98. The van der Waals surface area contributed by atoms with Crippen molar-refractivity contribution in [2.24, 2.45) is 0 Å². The Balaban J connectivity index is 1.97. The average Bonchev–Trinajstić information content (AvgIpc) is 2.48. The first-order chi connectivity index (χ1) is 10.4. The summed E-state index contributed by atoms with van der Waals surface area (Å²) in [5.74, 6) is 0. The lowest BCUT2D eigenvalue weighted by Crippen LogP contribution is -2.03. The smallest absolute Gasteiger partial charge is 0.109 e. The number of rotatable bonds is 3. The fraction of sp³-hybridized carbons (Fsp3) is 0.167. The first-order valence-corrected chi connectivity index (χ1v) is 10.5. The van der Waals surface area contributed by atoms with Crippen molar-refractivity contribution in [3.8, 4) is 0 Å². The molecule has 0 aliphatic heterocycles. The molecule has 0 saturated carbocycles. The topological polar surface area (TPSA) is 30.0 Å². The van der Waals surface area contributed by atoms with Crippen LogP contribution in [-0.2, 0) is 11.0 Å². The van der Waals surface area contributed by atoms with E-state index in [1.54, 1.807) is 13.3 Å². The molecule has 0 aliphatic rings. The lowest BCUT2D eigenvalue weighted by Gasteiger charge is -2.09. The maximum Gasteiger partial charge on any atom is 0.109 e. The van der Waals surface area contributed by atoms with E-state index in [9.17, 15) is 4.57 Å². The van der Waals surface area contributed by atoms with Gasteiger partial charge in [0.25, 0.3) is 0 Å². The number of pyridine rings is 1. The van der Waals surface area contributed by atoms with Crippen molar-refractivity contribution < 1.29 is 4.57 Å². The van der Waals surface area contributed by atoms with Gasteiger partial charge in [-0.3, -0.25) is 4.98 Å². The second-order valence-corrected chi connectivity index (χ2v) is 9.86. The third kappa shape index (κ3) is 3.16. The Kier molecular flexibility index (Phi) is 4.20. The molecule has 1 heterocycles. The maximum absolute atomic E-state index is 12.1. The van der Waals surface area contributed by atoms with Gasteiger partial charge >= 0.3 is 0 Å². The molecule has 4 heteroatoms. The molecule has 22 heavy (non-hydrogen) atoms. The van der Waals surface area contributed by atoms with Crippen LogP contribution in [0.5, 0.6) is 0 Å². The number of fused-ring (bicyclic) bond motifs is 1. The van der Waals surface area contributed by atoms with Gasteiger partial charge in [-0.1, -0.05) is 52.3 Å². The van der Waals surface area contributed by atoms with Crippen molar-refractivity contribution in [3.63, 3.8) is 0 Å². The fourth-order valence-electron chi connectivity index (χ4n) is 2.54. The predicted octanol–water partition coefficient (Wildman–Crippen LogP) is 4.84. The van der Waals surface area contributed by atoms with E-state index in [0.717, 1.165) is 27.3 Å². The summed E-state index contributed by atoms with van der Waals surface area (Å²) in [7, 11) is -2.19. The van der Waals surface area contributed by atoms with Gasteiger partial charge in [-0.25, -0.2) is 0 Å². The minimum absolute atomic E-state index is 0.770. The highest BCUT2D eigenvalue weighted by atomic mass is 79.9. The van der Waals surface area contributed by atoms with E-state index < -0.39 is 7.14 Å². The van der Waals surface area contributed by atoms with Crippen molar-refractivity contribution in [2.45, 2.75) is 6.42 Å². The second-order valence-electron chi connectivity index (χ2n) is 5.79. The Labute approximate surface area is 139 Å². The molecule has 1 aromatic heterocycles. The van der Waals surface area contributed by atoms with Crippen LogP contribution >= 0.6 is 23.1 Å². The first-order valence-electron chi connectivity index (χ1n) is 7.12. The SMILES string of the molecule is CP(C)(=O)c1ccc(Cc2nccc3c(Br)cccc23)cc1. The van der Waals surface area contributed by atoms with E-state index >= 15 is 0 Å². The lowest BCUT2D eigenvalue weighted by atomic mass is 10.0. The van der Waals surface area contributed by atoms with Crippen molar-refractivity contribution in [1.29, 1.82) is 0 Å². The molecule has 0 saturated heterocycles. The minimum Gasteiger partial charge on any atom is -0.319 e. The summed E-state index contributed by atoms with van der Waals surface area (Å²) in [6.45, 7) is 3.59. The molecule has 3 aromatic rings. The van der Waals surface area contributed by atoms with Crippen LogP contribution in [-0.4, -0.2) is 18.3 Å². The number of nitrogens with zero attached hydrogens (tertiary/aromatic N) is 1. The molecule has 0 atom stereocenters. The molecule has 0 N–H and O–H groups in total. The van der Waals surface area contributed by atoms with Crippen molar-refractivity contribution in [2.75, 3.05) is 13.3 Å². The summed E-state index contributed by atoms with van der Waals surface area (Å²) < 4.78 is 13.2. The molecule has 3 rings (SSSR count). The van der Waals surface area contributed by atoms with Gasteiger partial charge in [0.05, 0.1) is 5.69 Å². The summed E-state index contributed by atoms with van der Waals surface area (Å²) >= 11 is 3.59. The van der Waals surface area contributed by atoms with Crippen LogP contribution in [0.25, 0.3) is 10.8 Å². The van der Waals surface area contributed by atoms with Gasteiger partial charge in [0.15, 0.2) is 0 Å². The molecule has 112 valence electrons. The lowest BCUT2D eigenvalue weighted by molar-refractivity contribution is 0.588. The Hall–Kier alpha value is -1.44. The molecule has 2 nitrogen and oxygen atoms in total. The summed E-state index contributed by atoms with van der Waals surface area (Å²) in [6.07, 6.45) is 2.62. The first kappa shape index (κ1) is 15.5. The number of benzene rings is 2. The molecular weight excluding hydrogens is 357 g/mol. The van der Waals surface area contributed by atoms with Crippen molar-refractivity contribution in [1.82, 2.24) is 4.98 Å². The molecule has 0 bridgehead atoms. The standard InChI is InChI=1S/C18H17BrNOP/c1-22(2,21)14-8-6-13(7-9-14)12-18-16-4-3-5-17(19)15(16)10-11-20-18/h3-11H,12H2,1-2H3. The molecule has 2 aromatic carbocycles. The molecular formula is C18H17BrNOP. The van der Waals surface area contributed by atoms with Gasteiger partial charge in [0.2, 0.25) is 0 Å². The summed E-state index contributed by atoms with van der Waals surface area (Å²) in [5.41, 5.74) is 2.24. The zero-order valence-corrected chi connectivity index (χ0v) is 15.1. The Morgan fingerprint density at radius 3 is 2.41 bits per heavy atom. The number of halogens is 1. The normalized spacial score (nSPS) is 11.8. The van der Waals surface area contributed by atoms with E-state index in [1.165, 1.54) is 10.9 Å². The monoisotopic (exact) mass is 373 g/mol. The maximum atomic E-state index is 12.1. The molecule has 0 spiro atoms. The largest absolute Gasteiger partial charge is 0.319 e. The number of hydrogen-bond acceptors (Lipinski definition) is 2.